The summed E-state index contributed by atoms with van der Waals surface area (Å²) in [5.41, 5.74) is 0.914. The zero-order chi connectivity index (χ0) is 17.7. The summed E-state index contributed by atoms with van der Waals surface area (Å²) in [6.07, 6.45) is 1.10. The van der Waals surface area contributed by atoms with Crippen molar-refractivity contribution in [2.75, 3.05) is 60.5 Å². The number of rotatable bonds is 7. The minimum atomic E-state index is -3.51. The van der Waals surface area contributed by atoms with Crippen molar-refractivity contribution < 1.29 is 13.2 Å². The maximum atomic E-state index is 12.9. The average molecular weight is 356 g/mol. The summed E-state index contributed by atoms with van der Waals surface area (Å²) in [5, 5.41) is 0. The molecule has 1 fully saturated rings. The second-order valence-electron chi connectivity index (χ2n) is 6.56. The van der Waals surface area contributed by atoms with Crippen molar-refractivity contribution in [1.82, 2.24) is 14.1 Å². The number of nitrogens with zero attached hydrogens (tertiary/aromatic N) is 3. The first-order valence-electron chi connectivity index (χ1n) is 8.36. The highest BCUT2D eigenvalue weighted by Gasteiger charge is 2.30. The largest absolute Gasteiger partial charge is 0.495 e. The third-order valence-corrected chi connectivity index (χ3v) is 6.27. The first-order chi connectivity index (χ1) is 11.3. The first-order valence-corrected chi connectivity index (χ1v) is 9.80. The fourth-order valence-electron chi connectivity index (χ4n) is 2.93. The van der Waals surface area contributed by atoms with Gasteiger partial charge in [-0.15, -0.1) is 0 Å². The predicted octanol–water partition coefficient (Wildman–Crippen LogP) is 1.26. The number of ether oxygens (including phenoxy) is 1. The van der Waals surface area contributed by atoms with Gasteiger partial charge in [-0.3, -0.25) is 0 Å². The van der Waals surface area contributed by atoms with E-state index in [9.17, 15) is 8.42 Å². The van der Waals surface area contributed by atoms with Crippen molar-refractivity contribution in [1.29, 1.82) is 0 Å². The molecular weight excluding hydrogens is 326 g/mol. The van der Waals surface area contributed by atoms with E-state index in [4.69, 9.17) is 4.74 Å². The van der Waals surface area contributed by atoms with E-state index in [1.807, 2.05) is 13.0 Å². The van der Waals surface area contributed by atoms with Crippen LogP contribution in [0.2, 0.25) is 0 Å². The van der Waals surface area contributed by atoms with Crippen LogP contribution in [0.15, 0.2) is 23.1 Å². The van der Waals surface area contributed by atoms with Gasteiger partial charge < -0.3 is 14.5 Å². The lowest BCUT2D eigenvalue weighted by Crippen LogP contribution is -2.49. The molecule has 0 saturated carbocycles. The van der Waals surface area contributed by atoms with Gasteiger partial charge in [0.2, 0.25) is 10.0 Å². The summed E-state index contributed by atoms with van der Waals surface area (Å²) in [6.45, 7) is 6.57. The third-order valence-electron chi connectivity index (χ3n) is 4.35. The van der Waals surface area contributed by atoms with Crippen molar-refractivity contribution in [3.63, 3.8) is 0 Å². The van der Waals surface area contributed by atoms with Crippen molar-refractivity contribution >= 4 is 10.0 Å². The van der Waals surface area contributed by atoms with E-state index in [0.29, 0.717) is 18.8 Å². The Hall–Kier alpha value is -1.15. The minimum Gasteiger partial charge on any atom is -0.495 e. The number of methoxy groups -OCH3 is 1. The topological polar surface area (TPSA) is 53.1 Å². The molecule has 1 aliphatic rings. The van der Waals surface area contributed by atoms with E-state index in [-0.39, 0.29) is 4.90 Å². The summed E-state index contributed by atoms with van der Waals surface area (Å²) >= 11 is 0. The summed E-state index contributed by atoms with van der Waals surface area (Å²) < 4.78 is 32.7. The molecule has 7 heteroatoms. The van der Waals surface area contributed by atoms with Crippen molar-refractivity contribution in [3.05, 3.63) is 23.8 Å². The lowest BCUT2D eigenvalue weighted by molar-refractivity contribution is 0.181. The molecule has 136 valence electrons. The van der Waals surface area contributed by atoms with Crippen LogP contribution in [0.3, 0.4) is 0 Å². The van der Waals surface area contributed by atoms with Gasteiger partial charge in [0.15, 0.2) is 0 Å². The summed E-state index contributed by atoms with van der Waals surface area (Å²) in [6, 6.07) is 5.28. The molecule has 0 unspecified atom stereocenters. The fourth-order valence-corrected chi connectivity index (χ4v) is 4.59. The van der Waals surface area contributed by atoms with Crippen LogP contribution >= 0.6 is 0 Å². The number of hydrogen-bond acceptors (Lipinski definition) is 5. The lowest BCUT2D eigenvalue weighted by atomic mass is 10.2. The molecule has 6 nitrogen and oxygen atoms in total. The van der Waals surface area contributed by atoms with Crippen molar-refractivity contribution in [2.45, 2.75) is 18.2 Å². The standard InChI is InChI=1S/C17H29N3O3S/c1-15-6-7-16(23-4)17(14-15)24(21,22)20-12-10-19(11-13-20)9-5-8-18(2)3/h6-7,14H,5,8-13H2,1-4H3. The molecule has 24 heavy (non-hydrogen) atoms. The third kappa shape index (κ3) is 4.69. The molecule has 0 N–H and O–H groups in total. The molecule has 1 aliphatic heterocycles. The van der Waals surface area contributed by atoms with Crippen molar-refractivity contribution in [2.24, 2.45) is 0 Å². The Balaban J connectivity index is 2.01. The van der Waals surface area contributed by atoms with E-state index < -0.39 is 10.0 Å². The highest BCUT2D eigenvalue weighted by Crippen LogP contribution is 2.28. The van der Waals surface area contributed by atoms with E-state index in [1.54, 1.807) is 16.4 Å². The molecule has 0 spiro atoms. The molecule has 1 heterocycles. The van der Waals surface area contributed by atoms with Gasteiger partial charge in [0.25, 0.3) is 0 Å². The molecule has 0 aliphatic carbocycles. The van der Waals surface area contributed by atoms with E-state index in [0.717, 1.165) is 38.2 Å². The smallest absolute Gasteiger partial charge is 0.246 e. The van der Waals surface area contributed by atoms with Gasteiger partial charge in [0.05, 0.1) is 7.11 Å². The zero-order valence-corrected chi connectivity index (χ0v) is 16.0. The number of benzene rings is 1. The number of piperazine rings is 1. The molecule has 2 rings (SSSR count). The Bertz CT molecular complexity index is 638. The van der Waals surface area contributed by atoms with Crippen LogP contribution in [-0.2, 0) is 10.0 Å². The van der Waals surface area contributed by atoms with E-state index >= 15 is 0 Å². The van der Waals surface area contributed by atoms with Gasteiger partial charge in [-0.2, -0.15) is 4.31 Å². The molecule has 1 aromatic carbocycles. The fraction of sp³-hybridized carbons (Fsp3) is 0.647. The lowest BCUT2D eigenvalue weighted by Gasteiger charge is -2.34. The average Bonchev–Trinajstić information content (AvgIpc) is 2.55. The second-order valence-corrected chi connectivity index (χ2v) is 8.46. The van der Waals surface area contributed by atoms with Gasteiger partial charge in [0.1, 0.15) is 10.6 Å². The molecular formula is C17H29N3O3S. The highest BCUT2D eigenvalue weighted by molar-refractivity contribution is 7.89. The van der Waals surface area contributed by atoms with Gasteiger partial charge in [-0.25, -0.2) is 8.42 Å². The van der Waals surface area contributed by atoms with Crippen LogP contribution in [0.5, 0.6) is 5.75 Å². The van der Waals surface area contributed by atoms with E-state index in [2.05, 4.69) is 23.9 Å². The van der Waals surface area contributed by atoms with Crippen molar-refractivity contribution in [3.8, 4) is 5.75 Å². The molecule has 0 amide bonds. The van der Waals surface area contributed by atoms with Crippen LogP contribution in [0.25, 0.3) is 0 Å². The Labute approximate surface area is 146 Å². The van der Waals surface area contributed by atoms with Gasteiger partial charge in [-0.05, 0) is 58.2 Å². The monoisotopic (exact) mass is 355 g/mol. The highest BCUT2D eigenvalue weighted by atomic mass is 32.2. The molecule has 0 atom stereocenters. The SMILES string of the molecule is COc1ccc(C)cc1S(=O)(=O)N1CCN(CCCN(C)C)CC1. The number of hydrogen-bond donors (Lipinski definition) is 0. The normalized spacial score (nSPS) is 17.4. The van der Waals surface area contributed by atoms with Crippen LogP contribution in [0, 0.1) is 6.92 Å². The molecule has 0 bridgehead atoms. The maximum absolute atomic E-state index is 12.9. The summed E-state index contributed by atoms with van der Waals surface area (Å²) in [7, 11) is 2.13. The minimum absolute atomic E-state index is 0.269. The summed E-state index contributed by atoms with van der Waals surface area (Å²) in [5.74, 6) is 0.411. The predicted molar refractivity (Wildman–Crippen MR) is 96.1 cm³/mol. The Kier molecular flexibility index (Phi) is 6.62. The Morgan fingerprint density at radius 1 is 1.17 bits per heavy atom. The number of sulfonamides is 1. The van der Waals surface area contributed by atoms with Gasteiger partial charge in [-0.1, -0.05) is 6.07 Å². The molecule has 0 radical (unpaired) electrons. The Morgan fingerprint density at radius 2 is 1.83 bits per heavy atom. The molecule has 1 saturated heterocycles. The van der Waals surface area contributed by atoms with Crippen LogP contribution in [-0.4, -0.2) is 83.0 Å². The zero-order valence-electron chi connectivity index (χ0n) is 15.2. The number of aryl methyl sites for hydroxylation is 1. The maximum Gasteiger partial charge on any atom is 0.246 e. The second kappa shape index (κ2) is 8.29. The molecule has 1 aromatic rings. The van der Waals surface area contributed by atoms with E-state index in [1.165, 1.54) is 7.11 Å². The van der Waals surface area contributed by atoms with Gasteiger partial charge >= 0.3 is 0 Å². The summed E-state index contributed by atoms with van der Waals surface area (Å²) in [4.78, 5) is 4.78. The Morgan fingerprint density at radius 3 is 2.42 bits per heavy atom. The van der Waals surface area contributed by atoms with Crippen LogP contribution in [0.4, 0.5) is 0 Å². The molecule has 0 aromatic heterocycles. The van der Waals surface area contributed by atoms with Crippen LogP contribution < -0.4 is 4.74 Å². The van der Waals surface area contributed by atoms with Gasteiger partial charge in [0, 0.05) is 26.2 Å². The first kappa shape index (κ1) is 19.2. The van der Waals surface area contributed by atoms with Crippen LogP contribution in [0.1, 0.15) is 12.0 Å². The quantitative estimate of drug-likeness (QED) is 0.737.